The summed E-state index contributed by atoms with van der Waals surface area (Å²) in [6.45, 7) is 1.49. The predicted molar refractivity (Wildman–Crippen MR) is 115 cm³/mol. The number of carbonyl (C=O) groups excluding carboxylic acids is 1. The van der Waals surface area contributed by atoms with Gasteiger partial charge in [0.2, 0.25) is 5.91 Å². The third-order valence-corrected chi connectivity index (χ3v) is 5.75. The molecule has 150 valence electrons. The van der Waals surface area contributed by atoms with Gasteiger partial charge in [0, 0.05) is 43.2 Å². The normalized spacial score (nSPS) is 14.9. The second-order valence-corrected chi connectivity index (χ2v) is 7.75. The quantitative estimate of drug-likeness (QED) is 0.526. The molecule has 0 saturated carbocycles. The van der Waals surface area contributed by atoms with Crippen LogP contribution in [-0.4, -0.2) is 43.5 Å². The van der Waals surface area contributed by atoms with Crippen LogP contribution in [0.3, 0.4) is 0 Å². The van der Waals surface area contributed by atoms with Crippen LogP contribution in [0, 0.1) is 0 Å². The van der Waals surface area contributed by atoms with Gasteiger partial charge in [0.25, 0.3) is 0 Å². The number of aromatic nitrogens is 4. The molecule has 0 N–H and O–H groups in total. The van der Waals surface area contributed by atoms with E-state index in [2.05, 4.69) is 23.2 Å². The minimum Gasteiger partial charge on any atom is -0.342 e. The molecule has 4 aromatic rings. The van der Waals surface area contributed by atoms with Crippen LogP contribution in [0.4, 0.5) is 0 Å². The summed E-state index contributed by atoms with van der Waals surface area (Å²) in [4.78, 5) is 23.4. The summed E-state index contributed by atoms with van der Waals surface area (Å²) < 4.78 is 1.87. The van der Waals surface area contributed by atoms with Crippen molar-refractivity contribution in [1.82, 2.24) is 24.5 Å². The number of benzene rings is 1. The SMILES string of the molecule is O=C(Cc1cccnc1)N1CCC(c2nc3ccc(-c4ccccc4)cn3n2)CC1. The number of likely N-dealkylation sites (tertiary alicyclic amines) is 1. The molecule has 6 heteroatoms. The van der Waals surface area contributed by atoms with Gasteiger partial charge in [0.15, 0.2) is 11.5 Å². The van der Waals surface area contributed by atoms with Crippen molar-refractivity contribution in [3.05, 3.63) is 84.6 Å². The second-order valence-electron chi connectivity index (χ2n) is 7.75. The molecule has 0 spiro atoms. The van der Waals surface area contributed by atoms with Gasteiger partial charge < -0.3 is 4.90 Å². The maximum Gasteiger partial charge on any atom is 0.227 e. The number of hydrogen-bond acceptors (Lipinski definition) is 4. The Kier molecular flexibility index (Phi) is 4.97. The molecule has 3 aromatic heterocycles. The van der Waals surface area contributed by atoms with Gasteiger partial charge in [-0.3, -0.25) is 9.78 Å². The first kappa shape index (κ1) is 18.5. The van der Waals surface area contributed by atoms with E-state index in [0.717, 1.165) is 54.1 Å². The number of rotatable bonds is 4. The van der Waals surface area contributed by atoms with E-state index >= 15 is 0 Å². The number of nitrogens with zero attached hydrogens (tertiary/aromatic N) is 5. The molecule has 1 aliphatic heterocycles. The number of piperidine rings is 1. The smallest absolute Gasteiger partial charge is 0.227 e. The van der Waals surface area contributed by atoms with Crippen molar-refractivity contribution >= 4 is 11.6 Å². The van der Waals surface area contributed by atoms with Gasteiger partial charge in [-0.1, -0.05) is 36.4 Å². The minimum atomic E-state index is 0.164. The van der Waals surface area contributed by atoms with Gasteiger partial charge >= 0.3 is 0 Å². The zero-order valence-corrected chi connectivity index (χ0v) is 16.7. The van der Waals surface area contributed by atoms with Gasteiger partial charge in [-0.15, -0.1) is 0 Å². The molecule has 0 radical (unpaired) electrons. The summed E-state index contributed by atoms with van der Waals surface area (Å²) in [5.41, 5.74) is 4.10. The standard InChI is InChI=1S/C24H23N5O/c30-23(15-18-5-4-12-25-16-18)28-13-10-20(11-14-28)24-26-22-9-8-21(17-29(22)27-24)19-6-2-1-3-7-19/h1-9,12,16-17,20H,10-11,13-15H2. The highest BCUT2D eigenvalue weighted by atomic mass is 16.2. The Balaban J connectivity index is 1.26. The van der Waals surface area contributed by atoms with Crippen molar-refractivity contribution in [2.45, 2.75) is 25.2 Å². The van der Waals surface area contributed by atoms with Crippen molar-refractivity contribution in [1.29, 1.82) is 0 Å². The molecule has 1 fully saturated rings. The molecule has 4 heterocycles. The summed E-state index contributed by atoms with van der Waals surface area (Å²) >= 11 is 0. The first-order valence-electron chi connectivity index (χ1n) is 10.3. The molecule has 0 bridgehead atoms. The average Bonchev–Trinajstić information content (AvgIpc) is 3.24. The van der Waals surface area contributed by atoms with Crippen LogP contribution in [0.15, 0.2) is 73.2 Å². The maximum atomic E-state index is 12.6. The second kappa shape index (κ2) is 8.06. The zero-order valence-electron chi connectivity index (χ0n) is 16.7. The zero-order chi connectivity index (χ0) is 20.3. The van der Waals surface area contributed by atoms with E-state index in [-0.39, 0.29) is 11.8 Å². The Morgan fingerprint density at radius 2 is 1.80 bits per heavy atom. The summed E-state index contributed by atoms with van der Waals surface area (Å²) in [6, 6.07) is 18.2. The molecule has 1 aromatic carbocycles. The number of hydrogen-bond donors (Lipinski definition) is 0. The van der Waals surface area contributed by atoms with Crippen molar-refractivity contribution in [2.24, 2.45) is 0 Å². The highest BCUT2D eigenvalue weighted by Gasteiger charge is 2.26. The lowest BCUT2D eigenvalue weighted by atomic mass is 9.96. The third kappa shape index (κ3) is 3.81. The number of fused-ring (bicyclic) bond motifs is 1. The summed E-state index contributed by atoms with van der Waals surface area (Å²) in [6.07, 6.45) is 7.71. The van der Waals surface area contributed by atoms with E-state index in [1.54, 1.807) is 12.4 Å². The highest BCUT2D eigenvalue weighted by molar-refractivity contribution is 5.78. The van der Waals surface area contributed by atoms with Gasteiger partial charge in [-0.25, -0.2) is 9.50 Å². The van der Waals surface area contributed by atoms with Crippen LogP contribution in [0.2, 0.25) is 0 Å². The van der Waals surface area contributed by atoms with E-state index < -0.39 is 0 Å². The van der Waals surface area contributed by atoms with E-state index in [0.29, 0.717) is 6.42 Å². The first-order chi connectivity index (χ1) is 14.8. The van der Waals surface area contributed by atoms with Crippen LogP contribution in [-0.2, 0) is 11.2 Å². The molecule has 1 saturated heterocycles. The van der Waals surface area contributed by atoms with E-state index in [1.165, 1.54) is 0 Å². The van der Waals surface area contributed by atoms with Gasteiger partial charge in [0.05, 0.1) is 6.42 Å². The van der Waals surface area contributed by atoms with E-state index in [4.69, 9.17) is 10.1 Å². The largest absolute Gasteiger partial charge is 0.342 e. The Bertz CT molecular complexity index is 1150. The molecule has 1 aliphatic rings. The molecule has 1 amide bonds. The van der Waals surface area contributed by atoms with Crippen LogP contribution < -0.4 is 0 Å². The molecule has 0 atom stereocenters. The molecule has 0 aliphatic carbocycles. The Hall–Kier alpha value is -3.54. The van der Waals surface area contributed by atoms with Crippen LogP contribution in [0.1, 0.15) is 30.1 Å². The van der Waals surface area contributed by atoms with Crippen LogP contribution in [0.5, 0.6) is 0 Å². The number of amides is 1. The summed E-state index contributed by atoms with van der Waals surface area (Å²) in [5.74, 6) is 1.32. The first-order valence-corrected chi connectivity index (χ1v) is 10.3. The lowest BCUT2D eigenvalue weighted by Crippen LogP contribution is -2.39. The molecule has 5 rings (SSSR count). The monoisotopic (exact) mass is 397 g/mol. The topological polar surface area (TPSA) is 63.4 Å². The maximum absolute atomic E-state index is 12.6. The molecule has 30 heavy (non-hydrogen) atoms. The lowest BCUT2D eigenvalue weighted by Gasteiger charge is -2.30. The Labute approximate surface area is 175 Å². The van der Waals surface area contributed by atoms with E-state index in [1.807, 2.05) is 52.0 Å². The average molecular weight is 397 g/mol. The summed E-state index contributed by atoms with van der Waals surface area (Å²) in [5, 5.41) is 4.75. The van der Waals surface area contributed by atoms with Gasteiger partial charge in [-0.2, -0.15) is 5.10 Å². The molecule has 6 nitrogen and oxygen atoms in total. The lowest BCUT2D eigenvalue weighted by molar-refractivity contribution is -0.131. The van der Waals surface area contributed by atoms with Crippen molar-refractivity contribution in [3.8, 4) is 11.1 Å². The Morgan fingerprint density at radius 3 is 2.57 bits per heavy atom. The predicted octanol–water partition coefficient (Wildman–Crippen LogP) is 3.74. The molecular formula is C24H23N5O. The van der Waals surface area contributed by atoms with Crippen LogP contribution in [0.25, 0.3) is 16.8 Å². The highest BCUT2D eigenvalue weighted by Crippen LogP contribution is 2.27. The minimum absolute atomic E-state index is 0.164. The fraction of sp³-hybridized carbons (Fsp3) is 0.250. The number of pyridine rings is 2. The van der Waals surface area contributed by atoms with Gasteiger partial charge in [-0.05, 0) is 42.2 Å². The fourth-order valence-electron chi connectivity index (χ4n) is 4.05. The molecule has 0 unspecified atom stereocenters. The molecular weight excluding hydrogens is 374 g/mol. The van der Waals surface area contributed by atoms with Crippen molar-refractivity contribution in [3.63, 3.8) is 0 Å². The van der Waals surface area contributed by atoms with Crippen molar-refractivity contribution < 1.29 is 4.79 Å². The summed E-state index contributed by atoms with van der Waals surface area (Å²) in [7, 11) is 0. The Morgan fingerprint density at radius 1 is 0.967 bits per heavy atom. The third-order valence-electron chi connectivity index (χ3n) is 5.75. The van der Waals surface area contributed by atoms with Gasteiger partial charge in [0.1, 0.15) is 0 Å². The number of carbonyl (C=O) groups is 1. The van der Waals surface area contributed by atoms with Crippen LogP contribution >= 0.6 is 0 Å². The van der Waals surface area contributed by atoms with Crippen molar-refractivity contribution in [2.75, 3.05) is 13.1 Å². The fourth-order valence-corrected chi connectivity index (χ4v) is 4.05. The van der Waals surface area contributed by atoms with E-state index in [9.17, 15) is 4.79 Å².